The van der Waals surface area contributed by atoms with Crippen molar-refractivity contribution in [3.8, 4) is 56.2 Å². The number of para-hydroxylation sites is 2. The van der Waals surface area contributed by atoms with Crippen molar-refractivity contribution in [1.29, 1.82) is 0 Å². The lowest BCUT2D eigenvalue weighted by atomic mass is 10.0. The summed E-state index contributed by atoms with van der Waals surface area (Å²) < 4.78 is 6.85. The number of rotatable bonds is 8. The first-order valence-electron chi connectivity index (χ1n) is 18.8. The maximum Gasteiger partial charge on any atom is 0.160 e. The molecular formula is C52H35N3O. The zero-order chi connectivity index (χ0) is 37.3. The van der Waals surface area contributed by atoms with E-state index in [1.165, 1.54) is 16.7 Å². The first-order chi connectivity index (χ1) is 27.7. The van der Waals surface area contributed by atoms with Crippen molar-refractivity contribution >= 4 is 39.0 Å². The Bertz CT molecular complexity index is 2920. The molecule has 0 N–H and O–H groups in total. The van der Waals surface area contributed by atoms with Crippen LogP contribution in [0.25, 0.3) is 78.1 Å². The Balaban J connectivity index is 1.07. The first kappa shape index (κ1) is 33.0. The monoisotopic (exact) mass is 717 g/mol. The summed E-state index contributed by atoms with van der Waals surface area (Å²) in [4.78, 5) is 12.5. The van der Waals surface area contributed by atoms with E-state index in [-0.39, 0.29) is 0 Å². The number of hydrogen-bond donors (Lipinski definition) is 0. The highest BCUT2D eigenvalue weighted by molar-refractivity contribution is 6.11. The van der Waals surface area contributed by atoms with Crippen LogP contribution in [-0.4, -0.2) is 9.97 Å². The van der Waals surface area contributed by atoms with E-state index in [0.717, 1.165) is 72.6 Å². The highest BCUT2D eigenvalue weighted by atomic mass is 16.3. The van der Waals surface area contributed by atoms with E-state index in [0.29, 0.717) is 5.82 Å². The van der Waals surface area contributed by atoms with Gasteiger partial charge in [-0.2, -0.15) is 0 Å². The molecule has 0 aliphatic rings. The minimum Gasteiger partial charge on any atom is -0.454 e. The maximum atomic E-state index is 6.85. The summed E-state index contributed by atoms with van der Waals surface area (Å²) in [5.74, 6) is 0.639. The molecule has 10 rings (SSSR count). The van der Waals surface area contributed by atoms with Crippen molar-refractivity contribution in [3.05, 3.63) is 212 Å². The van der Waals surface area contributed by atoms with Crippen LogP contribution in [0.2, 0.25) is 0 Å². The van der Waals surface area contributed by atoms with Crippen LogP contribution in [0.4, 0.5) is 17.1 Å². The third kappa shape index (κ3) is 6.29. The lowest BCUT2D eigenvalue weighted by Crippen LogP contribution is -2.10. The van der Waals surface area contributed by atoms with Crippen molar-refractivity contribution in [3.63, 3.8) is 0 Å². The van der Waals surface area contributed by atoms with Gasteiger partial charge in [0, 0.05) is 38.8 Å². The Morgan fingerprint density at radius 1 is 0.339 bits per heavy atom. The molecule has 0 aliphatic carbocycles. The lowest BCUT2D eigenvalue weighted by Gasteiger charge is -2.25. The van der Waals surface area contributed by atoms with Gasteiger partial charge in [0.1, 0.15) is 5.58 Å². The fourth-order valence-electron chi connectivity index (χ4n) is 7.48. The summed E-state index contributed by atoms with van der Waals surface area (Å²) >= 11 is 0. The minimum absolute atomic E-state index is 0.639. The molecule has 0 fully saturated rings. The Morgan fingerprint density at radius 3 is 1.41 bits per heavy atom. The summed E-state index contributed by atoms with van der Waals surface area (Å²) in [6.45, 7) is 0. The molecule has 8 aromatic carbocycles. The van der Waals surface area contributed by atoms with Crippen molar-refractivity contribution < 1.29 is 4.42 Å². The Hall–Kier alpha value is -7.56. The molecule has 2 heterocycles. The second-order valence-corrected chi connectivity index (χ2v) is 13.8. The summed E-state index contributed by atoms with van der Waals surface area (Å²) in [6, 6.07) is 73.7. The van der Waals surface area contributed by atoms with E-state index in [4.69, 9.17) is 14.4 Å². The molecule has 0 bridgehead atoms. The number of benzene rings is 8. The van der Waals surface area contributed by atoms with Crippen molar-refractivity contribution in [2.45, 2.75) is 0 Å². The molecule has 0 radical (unpaired) electrons. The number of furan rings is 1. The Morgan fingerprint density at radius 2 is 0.804 bits per heavy atom. The quantitative estimate of drug-likeness (QED) is 0.157. The van der Waals surface area contributed by atoms with Gasteiger partial charge >= 0.3 is 0 Å². The molecule has 0 spiro atoms. The summed E-state index contributed by atoms with van der Waals surface area (Å²) in [7, 11) is 0. The van der Waals surface area contributed by atoms with Crippen LogP contribution >= 0.6 is 0 Å². The van der Waals surface area contributed by atoms with Gasteiger partial charge in [-0.25, -0.2) is 9.97 Å². The summed E-state index contributed by atoms with van der Waals surface area (Å²) in [6.07, 6.45) is 0. The molecule has 2 aromatic heterocycles. The Kier molecular flexibility index (Phi) is 8.47. The number of hydrogen-bond acceptors (Lipinski definition) is 4. The molecule has 0 atom stereocenters. The molecule has 0 aliphatic heterocycles. The molecule has 0 saturated carbocycles. The molecule has 56 heavy (non-hydrogen) atoms. The number of aromatic nitrogens is 2. The van der Waals surface area contributed by atoms with Gasteiger partial charge in [0.05, 0.1) is 17.1 Å². The number of nitrogens with zero attached hydrogens (tertiary/aromatic N) is 3. The minimum atomic E-state index is 0.639. The van der Waals surface area contributed by atoms with Crippen LogP contribution in [-0.2, 0) is 0 Å². The molecule has 10 aromatic rings. The molecule has 264 valence electrons. The van der Waals surface area contributed by atoms with Crippen molar-refractivity contribution in [2.75, 3.05) is 4.90 Å². The SMILES string of the molecule is c1ccc(-c2ccc(-c3cc(-c4ccccc4)nc(-c4ccc5c(c4)oc4c(N(c6ccccc6)c6ccc(-c7ccccc7)cc6)cccc45)n3)cc2)cc1. The van der Waals surface area contributed by atoms with E-state index >= 15 is 0 Å². The molecule has 4 heteroatoms. The first-order valence-corrected chi connectivity index (χ1v) is 18.8. The van der Waals surface area contributed by atoms with Gasteiger partial charge in [-0.15, -0.1) is 0 Å². The van der Waals surface area contributed by atoms with Gasteiger partial charge in [-0.1, -0.05) is 164 Å². The van der Waals surface area contributed by atoms with Gasteiger partial charge in [-0.05, 0) is 70.8 Å². The second-order valence-electron chi connectivity index (χ2n) is 13.8. The molecular weight excluding hydrogens is 683 g/mol. The van der Waals surface area contributed by atoms with Gasteiger partial charge in [0.2, 0.25) is 0 Å². The Labute approximate surface area is 325 Å². The van der Waals surface area contributed by atoms with E-state index in [2.05, 4.69) is 181 Å². The van der Waals surface area contributed by atoms with E-state index < -0.39 is 0 Å². The largest absolute Gasteiger partial charge is 0.454 e. The van der Waals surface area contributed by atoms with Crippen LogP contribution in [0.15, 0.2) is 217 Å². The van der Waals surface area contributed by atoms with E-state index in [9.17, 15) is 0 Å². The number of fused-ring (bicyclic) bond motifs is 3. The average molecular weight is 718 g/mol. The maximum absolute atomic E-state index is 6.85. The fourth-order valence-corrected chi connectivity index (χ4v) is 7.48. The smallest absolute Gasteiger partial charge is 0.160 e. The van der Waals surface area contributed by atoms with Gasteiger partial charge in [0.25, 0.3) is 0 Å². The van der Waals surface area contributed by atoms with Gasteiger partial charge in [0.15, 0.2) is 11.4 Å². The standard InChI is InChI=1S/C52H35N3O/c1-5-14-36(15-6-1)38-24-26-41(27-25-38)48-35-47(40-18-9-3-10-19-40)53-52(54-48)42-30-33-45-46-22-13-23-49(51(46)56-50(45)34-42)55(43-20-11-4-12-21-43)44-31-28-39(29-32-44)37-16-7-2-8-17-37/h1-35H. The zero-order valence-corrected chi connectivity index (χ0v) is 30.5. The van der Waals surface area contributed by atoms with Gasteiger partial charge < -0.3 is 9.32 Å². The third-order valence-electron chi connectivity index (χ3n) is 10.3. The second kappa shape index (κ2) is 14.3. The van der Waals surface area contributed by atoms with Crippen molar-refractivity contribution in [1.82, 2.24) is 9.97 Å². The zero-order valence-electron chi connectivity index (χ0n) is 30.5. The third-order valence-corrected chi connectivity index (χ3v) is 10.3. The normalized spacial score (nSPS) is 11.2. The van der Waals surface area contributed by atoms with Crippen LogP contribution < -0.4 is 4.90 Å². The lowest BCUT2D eigenvalue weighted by molar-refractivity contribution is 0.669. The topological polar surface area (TPSA) is 42.2 Å². The highest BCUT2D eigenvalue weighted by Gasteiger charge is 2.20. The molecule has 4 nitrogen and oxygen atoms in total. The van der Waals surface area contributed by atoms with Gasteiger partial charge in [-0.3, -0.25) is 0 Å². The van der Waals surface area contributed by atoms with Crippen LogP contribution in [0.3, 0.4) is 0 Å². The predicted octanol–water partition coefficient (Wildman–Crippen LogP) is 14.2. The number of anilines is 3. The van der Waals surface area contributed by atoms with Crippen LogP contribution in [0.5, 0.6) is 0 Å². The average Bonchev–Trinajstić information content (AvgIpc) is 3.67. The molecule has 0 amide bonds. The van der Waals surface area contributed by atoms with Crippen LogP contribution in [0, 0.1) is 0 Å². The van der Waals surface area contributed by atoms with Crippen molar-refractivity contribution in [2.24, 2.45) is 0 Å². The summed E-state index contributed by atoms with van der Waals surface area (Å²) in [5, 5.41) is 2.08. The van der Waals surface area contributed by atoms with E-state index in [1.54, 1.807) is 0 Å². The van der Waals surface area contributed by atoms with Crippen LogP contribution in [0.1, 0.15) is 0 Å². The predicted molar refractivity (Wildman–Crippen MR) is 231 cm³/mol. The molecule has 0 unspecified atom stereocenters. The molecule has 0 saturated heterocycles. The fraction of sp³-hybridized carbons (Fsp3) is 0. The highest BCUT2D eigenvalue weighted by Crippen LogP contribution is 2.43. The van der Waals surface area contributed by atoms with E-state index in [1.807, 2.05) is 36.4 Å². The summed E-state index contributed by atoms with van der Waals surface area (Å²) in [5.41, 5.74) is 14.0.